The molecule has 224 valence electrons. The monoisotopic (exact) mass is 610 g/mol. The summed E-state index contributed by atoms with van der Waals surface area (Å²) in [5, 5.41) is 7.49. The topological polar surface area (TPSA) is 9.86 Å². The number of aromatic nitrogens is 2. The van der Waals surface area contributed by atoms with E-state index in [-0.39, 0.29) is 0 Å². The zero-order valence-electron chi connectivity index (χ0n) is 26.2. The first kappa shape index (κ1) is 26.8. The van der Waals surface area contributed by atoms with Gasteiger partial charge in [0.25, 0.3) is 0 Å². The van der Waals surface area contributed by atoms with Crippen LogP contribution in [0.25, 0.3) is 88.0 Å². The van der Waals surface area contributed by atoms with Crippen molar-refractivity contribution in [2.45, 2.75) is 0 Å². The molecule has 8 aromatic carbocycles. The molecule has 0 bridgehead atoms. The summed E-state index contributed by atoms with van der Waals surface area (Å²) in [5.74, 6) is 0. The molecular weight excluding hydrogens is 581 g/mol. The Morgan fingerprint density at radius 1 is 0.271 bits per heavy atom. The Labute approximate surface area is 278 Å². The van der Waals surface area contributed by atoms with Crippen LogP contribution in [-0.4, -0.2) is 9.13 Å². The van der Waals surface area contributed by atoms with Crippen molar-refractivity contribution in [2.75, 3.05) is 0 Å². The lowest BCUT2D eigenvalue weighted by Crippen LogP contribution is -1.99. The molecule has 0 unspecified atom stereocenters. The number of fused-ring (bicyclic) bond motifs is 8. The standard InChI is InChI=1S/C46H30N2/c1-4-14-31(15-5-1)35-26-36(32-16-6-2-7-17-32)28-38(27-35)48-43-23-13-12-22-39(43)40-24-25-41-42-29-33-18-10-11-19-34(33)30-44(42)47(46(41)45(40)48)37-20-8-3-9-21-37/h1-30H. The molecule has 48 heavy (non-hydrogen) atoms. The Morgan fingerprint density at radius 3 is 1.42 bits per heavy atom. The lowest BCUT2D eigenvalue weighted by molar-refractivity contribution is 1.15. The Bertz CT molecular complexity index is 2750. The highest BCUT2D eigenvalue weighted by Crippen LogP contribution is 2.43. The van der Waals surface area contributed by atoms with E-state index in [1.165, 1.54) is 76.6 Å². The van der Waals surface area contributed by atoms with E-state index in [2.05, 4.69) is 191 Å². The molecule has 0 amide bonds. The maximum absolute atomic E-state index is 2.50. The fourth-order valence-electron chi connectivity index (χ4n) is 7.68. The molecular formula is C46H30N2. The minimum atomic E-state index is 1.14. The molecule has 2 heterocycles. The highest BCUT2D eigenvalue weighted by atomic mass is 15.0. The van der Waals surface area contributed by atoms with Gasteiger partial charge in [-0.25, -0.2) is 0 Å². The summed E-state index contributed by atoms with van der Waals surface area (Å²) in [6.07, 6.45) is 0. The third-order valence-electron chi connectivity index (χ3n) is 9.83. The van der Waals surface area contributed by atoms with Gasteiger partial charge in [-0.2, -0.15) is 0 Å². The van der Waals surface area contributed by atoms with Gasteiger partial charge in [0.1, 0.15) is 0 Å². The molecule has 0 saturated carbocycles. The van der Waals surface area contributed by atoms with Gasteiger partial charge in [0.15, 0.2) is 0 Å². The van der Waals surface area contributed by atoms with E-state index in [1.807, 2.05) is 0 Å². The van der Waals surface area contributed by atoms with Crippen LogP contribution in [0.1, 0.15) is 0 Å². The number of para-hydroxylation sites is 2. The minimum absolute atomic E-state index is 1.14. The molecule has 0 N–H and O–H groups in total. The molecule has 0 aliphatic heterocycles. The predicted octanol–water partition coefficient (Wildman–Crippen LogP) is 12.4. The Balaban J connectivity index is 1.41. The maximum atomic E-state index is 2.50. The quantitative estimate of drug-likeness (QED) is 0.188. The average molecular weight is 611 g/mol. The van der Waals surface area contributed by atoms with Crippen LogP contribution in [0.2, 0.25) is 0 Å². The van der Waals surface area contributed by atoms with Gasteiger partial charge in [0, 0.05) is 32.9 Å². The second-order valence-electron chi connectivity index (χ2n) is 12.6. The van der Waals surface area contributed by atoms with Crippen molar-refractivity contribution in [1.29, 1.82) is 0 Å². The first-order valence-electron chi connectivity index (χ1n) is 16.5. The lowest BCUT2D eigenvalue weighted by atomic mass is 9.98. The number of hydrogen-bond acceptors (Lipinski definition) is 0. The van der Waals surface area contributed by atoms with Crippen molar-refractivity contribution < 1.29 is 0 Å². The molecule has 0 aliphatic rings. The third-order valence-corrected chi connectivity index (χ3v) is 9.83. The van der Waals surface area contributed by atoms with E-state index in [0.29, 0.717) is 0 Å². The van der Waals surface area contributed by atoms with E-state index in [4.69, 9.17) is 0 Å². The van der Waals surface area contributed by atoms with Crippen molar-refractivity contribution in [2.24, 2.45) is 0 Å². The largest absolute Gasteiger partial charge is 0.307 e. The van der Waals surface area contributed by atoms with Crippen molar-refractivity contribution in [3.63, 3.8) is 0 Å². The van der Waals surface area contributed by atoms with Crippen molar-refractivity contribution in [3.05, 3.63) is 182 Å². The van der Waals surface area contributed by atoms with Crippen molar-refractivity contribution in [1.82, 2.24) is 9.13 Å². The van der Waals surface area contributed by atoms with Gasteiger partial charge >= 0.3 is 0 Å². The summed E-state index contributed by atoms with van der Waals surface area (Å²) in [6, 6.07) is 66.3. The smallest absolute Gasteiger partial charge is 0.0788 e. The first-order valence-corrected chi connectivity index (χ1v) is 16.5. The van der Waals surface area contributed by atoms with E-state index < -0.39 is 0 Å². The van der Waals surface area contributed by atoms with Crippen LogP contribution in [0.4, 0.5) is 0 Å². The molecule has 0 aliphatic carbocycles. The van der Waals surface area contributed by atoms with Crippen LogP contribution in [0.3, 0.4) is 0 Å². The predicted molar refractivity (Wildman–Crippen MR) is 203 cm³/mol. The maximum Gasteiger partial charge on any atom is 0.0788 e. The third kappa shape index (κ3) is 4.06. The summed E-state index contributed by atoms with van der Waals surface area (Å²) in [4.78, 5) is 0. The number of rotatable bonds is 4. The fraction of sp³-hybridized carbons (Fsp3) is 0. The fourth-order valence-corrected chi connectivity index (χ4v) is 7.68. The molecule has 0 saturated heterocycles. The number of hydrogen-bond donors (Lipinski definition) is 0. The van der Waals surface area contributed by atoms with E-state index in [0.717, 1.165) is 11.4 Å². The van der Waals surface area contributed by atoms with Crippen LogP contribution in [0, 0.1) is 0 Å². The number of benzene rings is 8. The van der Waals surface area contributed by atoms with Crippen LogP contribution in [-0.2, 0) is 0 Å². The minimum Gasteiger partial charge on any atom is -0.307 e. The molecule has 0 atom stereocenters. The molecule has 0 radical (unpaired) electrons. The van der Waals surface area contributed by atoms with Gasteiger partial charge in [-0.3, -0.25) is 0 Å². The summed E-state index contributed by atoms with van der Waals surface area (Å²) in [7, 11) is 0. The van der Waals surface area contributed by atoms with Gasteiger partial charge in [0.2, 0.25) is 0 Å². The molecule has 0 fully saturated rings. The molecule has 2 aromatic heterocycles. The van der Waals surface area contributed by atoms with Gasteiger partial charge in [-0.15, -0.1) is 0 Å². The van der Waals surface area contributed by atoms with Crippen LogP contribution in [0.15, 0.2) is 182 Å². The second kappa shape index (κ2) is 10.6. The lowest BCUT2D eigenvalue weighted by Gasteiger charge is -2.15. The average Bonchev–Trinajstić information content (AvgIpc) is 3.67. The van der Waals surface area contributed by atoms with E-state index >= 15 is 0 Å². The number of nitrogens with zero attached hydrogens (tertiary/aromatic N) is 2. The van der Waals surface area contributed by atoms with E-state index in [9.17, 15) is 0 Å². The second-order valence-corrected chi connectivity index (χ2v) is 12.6. The van der Waals surface area contributed by atoms with E-state index in [1.54, 1.807) is 0 Å². The van der Waals surface area contributed by atoms with Crippen LogP contribution >= 0.6 is 0 Å². The highest BCUT2D eigenvalue weighted by Gasteiger charge is 2.22. The summed E-state index contributed by atoms with van der Waals surface area (Å²) < 4.78 is 4.98. The van der Waals surface area contributed by atoms with Gasteiger partial charge in [-0.05, 0) is 81.6 Å². The molecule has 0 spiro atoms. The molecule has 10 aromatic rings. The Morgan fingerprint density at radius 2 is 0.771 bits per heavy atom. The Hall–Kier alpha value is -6.38. The van der Waals surface area contributed by atoms with Gasteiger partial charge in [-0.1, -0.05) is 133 Å². The molecule has 2 heteroatoms. The van der Waals surface area contributed by atoms with Crippen molar-refractivity contribution in [3.8, 4) is 33.6 Å². The highest BCUT2D eigenvalue weighted by molar-refractivity contribution is 6.25. The summed E-state index contributed by atoms with van der Waals surface area (Å²) >= 11 is 0. The zero-order valence-corrected chi connectivity index (χ0v) is 26.2. The Kier molecular flexibility index (Phi) is 5.91. The van der Waals surface area contributed by atoms with Crippen LogP contribution in [0.5, 0.6) is 0 Å². The first-order chi connectivity index (χ1) is 23.8. The zero-order chi connectivity index (χ0) is 31.6. The van der Waals surface area contributed by atoms with Gasteiger partial charge < -0.3 is 9.13 Å². The summed E-state index contributed by atoms with van der Waals surface area (Å²) in [6.45, 7) is 0. The molecule has 10 rings (SSSR count). The van der Waals surface area contributed by atoms with Gasteiger partial charge in [0.05, 0.1) is 22.1 Å². The van der Waals surface area contributed by atoms with Crippen molar-refractivity contribution >= 4 is 54.4 Å². The molecule has 2 nitrogen and oxygen atoms in total. The summed E-state index contributed by atoms with van der Waals surface area (Å²) in [5.41, 5.74) is 11.9. The normalized spacial score (nSPS) is 11.8. The van der Waals surface area contributed by atoms with Crippen LogP contribution < -0.4 is 0 Å². The SMILES string of the molecule is c1ccc(-c2cc(-c3ccccc3)cc(-n3c4ccccc4c4ccc5c6cc7ccccc7cc6n(-c6ccccc6)c5c43)c2)cc1.